The van der Waals surface area contributed by atoms with Crippen LogP contribution >= 0.6 is 0 Å². The first kappa shape index (κ1) is 6.26. The molecule has 1 aliphatic heterocycles. The molecule has 1 N–H and O–H groups in total. The molecular weight excluding hydrogens is 116 g/mol. The Hall–Kier alpha value is -0.860. The molecule has 0 atom stereocenters. The second-order valence-electron chi connectivity index (χ2n) is 2.13. The van der Waals surface area contributed by atoms with Crippen LogP contribution in [0.1, 0.15) is 13.3 Å². The first-order valence-corrected chi connectivity index (χ1v) is 3.05. The second-order valence-corrected chi connectivity index (χ2v) is 2.13. The zero-order valence-electron chi connectivity index (χ0n) is 5.48. The first-order valence-electron chi connectivity index (χ1n) is 3.05. The first-order chi connectivity index (χ1) is 4.29. The molecule has 0 bridgehead atoms. The minimum atomic E-state index is 0.170. The molecular formula is C6H10N2O. The van der Waals surface area contributed by atoms with E-state index in [1.807, 2.05) is 0 Å². The Bertz CT molecular complexity index is 151. The van der Waals surface area contributed by atoms with Gasteiger partial charge in [-0.3, -0.25) is 9.79 Å². The van der Waals surface area contributed by atoms with Gasteiger partial charge < -0.3 is 5.32 Å². The predicted molar refractivity (Wildman–Crippen MR) is 35.6 cm³/mol. The fourth-order valence-electron chi connectivity index (χ4n) is 0.801. The van der Waals surface area contributed by atoms with Crippen molar-refractivity contribution in [3.63, 3.8) is 0 Å². The van der Waals surface area contributed by atoms with Gasteiger partial charge >= 0.3 is 0 Å². The van der Waals surface area contributed by atoms with Crippen LogP contribution in [0.25, 0.3) is 0 Å². The van der Waals surface area contributed by atoms with Crippen molar-refractivity contribution in [1.29, 1.82) is 0 Å². The number of nitrogens with zero attached hydrogens (tertiary/aromatic N) is 1. The van der Waals surface area contributed by atoms with Crippen LogP contribution in [0.2, 0.25) is 0 Å². The number of carbonyl (C=O) groups excluding carboxylic acids is 1. The summed E-state index contributed by atoms with van der Waals surface area (Å²) in [6.07, 6.45) is 0.472. The van der Waals surface area contributed by atoms with Gasteiger partial charge in [-0.2, -0.15) is 0 Å². The number of nitrogens with one attached hydrogen (secondary N) is 1. The van der Waals surface area contributed by atoms with E-state index in [-0.39, 0.29) is 5.78 Å². The average Bonchev–Trinajstić information content (AvgIpc) is 2.15. The van der Waals surface area contributed by atoms with Crippen molar-refractivity contribution in [3.8, 4) is 0 Å². The largest absolute Gasteiger partial charge is 0.372 e. The van der Waals surface area contributed by atoms with Crippen molar-refractivity contribution in [2.45, 2.75) is 13.3 Å². The second kappa shape index (κ2) is 2.62. The Kier molecular flexibility index (Phi) is 1.82. The van der Waals surface area contributed by atoms with Gasteiger partial charge in [-0.1, -0.05) is 0 Å². The Morgan fingerprint density at radius 1 is 1.89 bits per heavy atom. The molecule has 3 nitrogen and oxygen atoms in total. The van der Waals surface area contributed by atoms with E-state index in [4.69, 9.17) is 0 Å². The highest BCUT2D eigenvalue weighted by atomic mass is 16.1. The third kappa shape index (κ3) is 1.83. The van der Waals surface area contributed by atoms with Crippen LogP contribution in [0.5, 0.6) is 0 Å². The van der Waals surface area contributed by atoms with Gasteiger partial charge in [0.2, 0.25) is 0 Å². The minimum Gasteiger partial charge on any atom is -0.372 e. The van der Waals surface area contributed by atoms with E-state index < -0.39 is 0 Å². The molecule has 0 aromatic heterocycles. The Morgan fingerprint density at radius 2 is 2.67 bits per heavy atom. The molecule has 0 aromatic rings. The highest BCUT2D eigenvalue weighted by Gasteiger charge is 2.05. The van der Waals surface area contributed by atoms with E-state index in [2.05, 4.69) is 10.3 Å². The standard InChI is InChI=1S/C6H10N2O/c1-5(9)4-6-7-2-3-8-6/h2-4H2,1H3,(H,7,8). The van der Waals surface area contributed by atoms with Crippen molar-refractivity contribution in [1.82, 2.24) is 5.32 Å². The number of Topliss-reactive ketones (excluding diaryl/α,β-unsaturated/α-hetero) is 1. The van der Waals surface area contributed by atoms with Gasteiger partial charge in [0.25, 0.3) is 0 Å². The van der Waals surface area contributed by atoms with Gasteiger partial charge in [-0.05, 0) is 6.92 Å². The number of carbonyl (C=O) groups is 1. The third-order valence-corrected chi connectivity index (χ3v) is 1.16. The number of aliphatic imine (C=N–C) groups is 1. The predicted octanol–water partition coefficient (Wildman–Crippen LogP) is -0.0328. The lowest BCUT2D eigenvalue weighted by atomic mass is 10.3. The van der Waals surface area contributed by atoms with Crippen LogP contribution in [0, 0.1) is 0 Å². The minimum absolute atomic E-state index is 0.170. The molecule has 50 valence electrons. The van der Waals surface area contributed by atoms with Crippen molar-refractivity contribution in [2.24, 2.45) is 4.99 Å². The molecule has 0 aliphatic carbocycles. The molecule has 1 rings (SSSR count). The third-order valence-electron chi connectivity index (χ3n) is 1.16. The fourth-order valence-corrected chi connectivity index (χ4v) is 0.801. The lowest BCUT2D eigenvalue weighted by Gasteiger charge is -1.95. The molecule has 0 radical (unpaired) electrons. The van der Waals surface area contributed by atoms with Gasteiger partial charge in [0.15, 0.2) is 0 Å². The van der Waals surface area contributed by atoms with Crippen LogP contribution in [0.15, 0.2) is 4.99 Å². The Morgan fingerprint density at radius 3 is 3.11 bits per heavy atom. The maximum absolute atomic E-state index is 10.5. The quantitative estimate of drug-likeness (QED) is 0.564. The van der Waals surface area contributed by atoms with Crippen LogP contribution in [0.4, 0.5) is 0 Å². The summed E-state index contributed by atoms with van der Waals surface area (Å²) in [4.78, 5) is 14.5. The number of rotatable bonds is 2. The monoisotopic (exact) mass is 126 g/mol. The number of hydrogen-bond acceptors (Lipinski definition) is 3. The molecule has 0 saturated heterocycles. The van der Waals surface area contributed by atoms with Crippen LogP contribution in [-0.2, 0) is 4.79 Å². The zero-order chi connectivity index (χ0) is 6.69. The maximum atomic E-state index is 10.5. The van der Waals surface area contributed by atoms with E-state index in [1.165, 1.54) is 0 Å². The number of amidine groups is 1. The molecule has 1 aliphatic rings. The zero-order valence-corrected chi connectivity index (χ0v) is 5.48. The van der Waals surface area contributed by atoms with Crippen LogP contribution in [-0.4, -0.2) is 24.7 Å². The summed E-state index contributed by atoms with van der Waals surface area (Å²) in [5, 5.41) is 3.02. The highest BCUT2D eigenvalue weighted by Crippen LogP contribution is 1.90. The summed E-state index contributed by atoms with van der Waals surface area (Å²) in [7, 11) is 0. The van der Waals surface area contributed by atoms with E-state index in [9.17, 15) is 4.79 Å². The SMILES string of the molecule is CC(=O)CC1=NCCN1. The average molecular weight is 126 g/mol. The summed E-state index contributed by atoms with van der Waals surface area (Å²) < 4.78 is 0. The summed E-state index contributed by atoms with van der Waals surface area (Å²) in [6.45, 7) is 3.29. The molecule has 0 amide bonds. The Labute approximate surface area is 54.2 Å². The number of ketones is 1. The van der Waals surface area contributed by atoms with E-state index in [0.717, 1.165) is 18.9 Å². The summed E-state index contributed by atoms with van der Waals surface area (Å²) in [5.41, 5.74) is 0. The molecule has 1 heterocycles. The fraction of sp³-hybridized carbons (Fsp3) is 0.667. The van der Waals surface area contributed by atoms with E-state index in [0.29, 0.717) is 6.42 Å². The van der Waals surface area contributed by atoms with E-state index >= 15 is 0 Å². The van der Waals surface area contributed by atoms with E-state index in [1.54, 1.807) is 6.92 Å². The number of hydrogen-bond donors (Lipinski definition) is 1. The summed E-state index contributed by atoms with van der Waals surface area (Å²) in [5.74, 6) is 1.02. The molecule has 0 aromatic carbocycles. The lowest BCUT2D eigenvalue weighted by Crippen LogP contribution is -2.20. The molecule has 0 fully saturated rings. The van der Waals surface area contributed by atoms with Crippen LogP contribution < -0.4 is 5.32 Å². The molecule has 0 spiro atoms. The van der Waals surface area contributed by atoms with Gasteiger partial charge in [0, 0.05) is 6.54 Å². The normalized spacial score (nSPS) is 16.8. The van der Waals surface area contributed by atoms with Crippen molar-refractivity contribution < 1.29 is 4.79 Å². The molecule has 0 saturated carbocycles. The Balaban J connectivity index is 2.35. The summed E-state index contributed by atoms with van der Waals surface area (Å²) >= 11 is 0. The lowest BCUT2D eigenvalue weighted by molar-refractivity contribution is -0.115. The summed E-state index contributed by atoms with van der Waals surface area (Å²) in [6, 6.07) is 0. The van der Waals surface area contributed by atoms with Crippen molar-refractivity contribution in [3.05, 3.63) is 0 Å². The topological polar surface area (TPSA) is 41.5 Å². The molecule has 3 heteroatoms. The van der Waals surface area contributed by atoms with Crippen molar-refractivity contribution >= 4 is 11.6 Å². The van der Waals surface area contributed by atoms with Gasteiger partial charge in [0.05, 0.1) is 13.0 Å². The van der Waals surface area contributed by atoms with Gasteiger partial charge in [0.1, 0.15) is 11.6 Å². The van der Waals surface area contributed by atoms with Gasteiger partial charge in [-0.25, -0.2) is 0 Å². The molecule has 9 heavy (non-hydrogen) atoms. The van der Waals surface area contributed by atoms with Crippen LogP contribution in [0.3, 0.4) is 0 Å². The maximum Gasteiger partial charge on any atom is 0.137 e. The highest BCUT2D eigenvalue weighted by molar-refractivity contribution is 6.00. The molecule has 0 unspecified atom stereocenters. The van der Waals surface area contributed by atoms with Crippen molar-refractivity contribution in [2.75, 3.05) is 13.1 Å². The van der Waals surface area contributed by atoms with Gasteiger partial charge in [-0.15, -0.1) is 0 Å². The smallest absolute Gasteiger partial charge is 0.137 e.